The number of nitrogens with two attached hydrogens (primary N) is 1. The Kier molecular flexibility index (Phi) is 4.06. The van der Waals surface area contributed by atoms with Crippen molar-refractivity contribution in [3.05, 3.63) is 47.9 Å². The highest BCUT2D eigenvalue weighted by molar-refractivity contribution is 7.89. The summed E-state index contributed by atoms with van der Waals surface area (Å²) in [5.74, 6) is -1.52. The van der Waals surface area contributed by atoms with Crippen LogP contribution in [-0.2, 0) is 16.4 Å². The first kappa shape index (κ1) is 11.0. The van der Waals surface area contributed by atoms with E-state index in [0.717, 1.165) is 6.07 Å². The van der Waals surface area contributed by atoms with E-state index >= 15 is 0 Å². The van der Waals surface area contributed by atoms with E-state index in [9.17, 15) is 8.42 Å². The van der Waals surface area contributed by atoms with E-state index in [1.54, 1.807) is 0 Å². The molecule has 2 aromatic rings. The van der Waals surface area contributed by atoms with Gasteiger partial charge in [0.2, 0.25) is 10.0 Å². The molecule has 1 atom stereocenters. The fourth-order valence-corrected chi connectivity index (χ4v) is 2.96. The summed E-state index contributed by atoms with van der Waals surface area (Å²) >= 11 is 0. The number of rotatable bonds is 11. The number of ether oxygens (including phenoxy) is 3. The summed E-state index contributed by atoms with van der Waals surface area (Å²) in [6.07, 6.45) is -2.13. The number of benzene rings is 2. The Morgan fingerprint density at radius 3 is 2.61 bits per heavy atom. The average Bonchev–Trinajstić information content (AvgIpc) is 2.83. The summed E-state index contributed by atoms with van der Waals surface area (Å²) in [6, 6.07) is -0.373. The fraction of sp³-hybridized carbons (Fsp3) is 0.400. The number of methoxy groups -OCH3 is 1. The van der Waals surface area contributed by atoms with Crippen molar-refractivity contribution in [2.45, 2.75) is 31.1 Å². The van der Waals surface area contributed by atoms with Crippen molar-refractivity contribution in [2.24, 2.45) is 5.14 Å². The maximum atomic E-state index is 11.9. The van der Waals surface area contributed by atoms with Gasteiger partial charge >= 0.3 is 0 Å². The Bertz CT molecular complexity index is 1320. The van der Waals surface area contributed by atoms with Crippen LogP contribution in [0.3, 0.4) is 0 Å². The molecule has 154 valence electrons. The van der Waals surface area contributed by atoms with Crippen LogP contribution in [0.15, 0.2) is 47.3 Å². The first-order valence-electron chi connectivity index (χ1n) is 13.5. The van der Waals surface area contributed by atoms with Crippen LogP contribution in [0.4, 0.5) is 0 Å². The van der Waals surface area contributed by atoms with Gasteiger partial charge in [0.15, 0.2) is 11.5 Å². The molecule has 0 aliphatic carbocycles. The van der Waals surface area contributed by atoms with Gasteiger partial charge in [-0.1, -0.05) is 18.2 Å². The van der Waals surface area contributed by atoms with Gasteiger partial charge in [0, 0.05) is 19.4 Å². The minimum absolute atomic E-state index is 0.0204. The molecule has 8 heteroatoms. The standard InChI is InChI=1S/C20H28N2O5S/c1-4-26-17-7-5-6-8-18(17)27-12-11-22-15(2)13-16-9-10-19(25-3)20(14-16)28(21,23)24/h5-10,14-15,22H,4,11-13H2,1-3H3,(H2,21,23,24)/t15-/m1/s1/i1D3,4D2,5D,6D,7D,8D,13D2. The molecule has 0 saturated heterocycles. The molecule has 0 amide bonds. The molecule has 0 heterocycles. The van der Waals surface area contributed by atoms with Crippen LogP contribution in [0.1, 0.15) is 34.4 Å². The molecule has 0 aliphatic heterocycles. The van der Waals surface area contributed by atoms with Crippen molar-refractivity contribution in [3.8, 4) is 17.2 Å². The zero-order valence-corrected chi connectivity index (χ0v) is 16.1. The van der Waals surface area contributed by atoms with E-state index in [-0.39, 0.29) is 24.5 Å². The van der Waals surface area contributed by atoms with Crippen LogP contribution < -0.4 is 24.7 Å². The van der Waals surface area contributed by atoms with Crippen LogP contribution in [0.2, 0.25) is 0 Å². The van der Waals surface area contributed by atoms with E-state index < -0.39 is 76.4 Å². The minimum Gasteiger partial charge on any atom is -0.495 e. The molecule has 3 N–H and O–H groups in total. The zero-order valence-electron chi connectivity index (χ0n) is 26.3. The van der Waals surface area contributed by atoms with Gasteiger partial charge in [0.1, 0.15) is 17.3 Å². The maximum absolute atomic E-state index is 11.9. The average molecular weight is 420 g/mol. The number of para-hydroxylation sites is 2. The van der Waals surface area contributed by atoms with Crippen molar-refractivity contribution in [1.29, 1.82) is 0 Å². The molecule has 0 unspecified atom stereocenters. The summed E-state index contributed by atoms with van der Waals surface area (Å²) in [5, 5.41) is 8.03. The number of hydrogen-bond donors (Lipinski definition) is 2. The van der Waals surface area contributed by atoms with E-state index in [1.165, 1.54) is 26.2 Å². The minimum atomic E-state index is -4.21. The highest BCUT2D eigenvalue weighted by Gasteiger charge is 2.16. The molecular weight excluding hydrogens is 380 g/mol. The molecule has 0 fully saturated rings. The maximum Gasteiger partial charge on any atom is 0.241 e. The number of primary sulfonamides is 1. The summed E-state index contributed by atoms with van der Waals surface area (Å²) in [5.41, 5.74) is -0.0204. The second-order valence-corrected chi connectivity index (χ2v) is 6.97. The second kappa shape index (κ2) is 10.3. The van der Waals surface area contributed by atoms with Gasteiger partial charge in [-0.2, -0.15) is 0 Å². The Morgan fingerprint density at radius 1 is 1.25 bits per heavy atom. The number of sulfonamides is 1. The smallest absolute Gasteiger partial charge is 0.241 e. The third kappa shape index (κ3) is 6.40. The van der Waals surface area contributed by atoms with Gasteiger partial charge in [-0.15, -0.1) is 0 Å². The lowest BCUT2D eigenvalue weighted by atomic mass is 10.1. The molecule has 2 aromatic carbocycles. The Hall–Kier alpha value is -2.29. The summed E-state index contributed by atoms with van der Waals surface area (Å²) in [7, 11) is -2.97. The van der Waals surface area contributed by atoms with Gasteiger partial charge in [0.25, 0.3) is 0 Å². The SMILES string of the molecule is [2H]c1c([2H])c([2H])c(OC([2H])([2H])C([2H])([2H])[2H])c(OCCN[C@H](C)C([2H])([2H])c2ccc(OC)c(S(N)(=O)=O)c2)c1[2H]. The van der Waals surface area contributed by atoms with Gasteiger partial charge < -0.3 is 19.5 Å². The summed E-state index contributed by atoms with van der Waals surface area (Å²) < 4.78 is 125. The molecule has 0 radical (unpaired) electrons. The van der Waals surface area contributed by atoms with Gasteiger partial charge in [-0.3, -0.25) is 0 Å². The lowest BCUT2D eigenvalue weighted by molar-refractivity contribution is 0.272. The largest absolute Gasteiger partial charge is 0.495 e. The normalized spacial score (nSPS) is 19.6. The summed E-state index contributed by atoms with van der Waals surface area (Å²) in [4.78, 5) is -0.399. The molecular formula is C20H28N2O5S. The van der Waals surface area contributed by atoms with Crippen molar-refractivity contribution in [1.82, 2.24) is 5.32 Å². The highest BCUT2D eigenvalue weighted by Crippen LogP contribution is 2.26. The Labute approximate surface area is 182 Å². The Morgan fingerprint density at radius 2 is 1.96 bits per heavy atom. The van der Waals surface area contributed by atoms with E-state index in [1.807, 2.05) is 0 Å². The second-order valence-electron chi connectivity index (χ2n) is 5.44. The van der Waals surface area contributed by atoms with Crippen LogP contribution in [-0.4, -0.2) is 41.3 Å². The monoisotopic (exact) mass is 419 g/mol. The topological polar surface area (TPSA) is 99.9 Å². The first-order valence-corrected chi connectivity index (χ1v) is 9.58. The van der Waals surface area contributed by atoms with Crippen molar-refractivity contribution >= 4 is 10.0 Å². The lowest BCUT2D eigenvalue weighted by Crippen LogP contribution is -2.32. The first-order chi connectivity index (χ1) is 17.7. The third-order valence-electron chi connectivity index (χ3n) is 3.43. The quantitative estimate of drug-likeness (QED) is 0.542. The van der Waals surface area contributed by atoms with Gasteiger partial charge in [-0.05, 0) is 49.9 Å². The predicted molar refractivity (Wildman–Crippen MR) is 109 cm³/mol. The van der Waals surface area contributed by atoms with Crippen molar-refractivity contribution in [2.75, 3.05) is 26.8 Å². The predicted octanol–water partition coefficient (Wildman–Crippen LogP) is 2.34. The number of hydrogen-bond acceptors (Lipinski definition) is 6. The molecule has 0 spiro atoms. The highest BCUT2D eigenvalue weighted by atomic mass is 32.2. The van der Waals surface area contributed by atoms with E-state index in [2.05, 4.69) is 5.32 Å². The summed E-state index contributed by atoms with van der Waals surface area (Å²) in [6.45, 7) is -5.56. The van der Waals surface area contributed by atoms with Crippen molar-refractivity contribution < 1.29 is 37.7 Å². The van der Waals surface area contributed by atoms with Crippen LogP contribution in [0, 0.1) is 0 Å². The molecule has 28 heavy (non-hydrogen) atoms. The lowest BCUT2D eigenvalue weighted by Gasteiger charge is -2.16. The molecule has 0 saturated carbocycles. The third-order valence-corrected chi connectivity index (χ3v) is 4.36. The van der Waals surface area contributed by atoms with Crippen LogP contribution >= 0.6 is 0 Å². The fourth-order valence-electron chi connectivity index (χ4n) is 2.23. The zero-order chi connectivity index (χ0) is 30.1. The van der Waals surface area contributed by atoms with E-state index in [0.29, 0.717) is 0 Å². The molecule has 0 aromatic heterocycles. The molecule has 0 bridgehead atoms. The Balaban J connectivity index is 2.25. The molecule has 0 aliphatic rings. The van der Waals surface area contributed by atoms with Crippen molar-refractivity contribution in [3.63, 3.8) is 0 Å². The van der Waals surface area contributed by atoms with E-state index in [4.69, 9.17) is 34.4 Å². The van der Waals surface area contributed by atoms with Crippen LogP contribution in [0.25, 0.3) is 0 Å². The van der Waals surface area contributed by atoms with Crippen LogP contribution in [0.5, 0.6) is 17.2 Å². The number of nitrogens with one attached hydrogen (secondary N) is 1. The van der Waals surface area contributed by atoms with Gasteiger partial charge in [-0.25, -0.2) is 13.6 Å². The molecule has 2 rings (SSSR count). The molecule has 7 nitrogen and oxygen atoms in total. The van der Waals surface area contributed by atoms with Gasteiger partial charge in [0.05, 0.1) is 21.9 Å².